The molecule has 1 heterocycles. The predicted octanol–water partition coefficient (Wildman–Crippen LogP) is 1.63. The minimum absolute atomic E-state index is 0.00939. The minimum atomic E-state index is -4.04. The van der Waals surface area contributed by atoms with Gasteiger partial charge < -0.3 is 5.32 Å². The van der Waals surface area contributed by atoms with Crippen LogP contribution < -0.4 is 10.0 Å². The van der Waals surface area contributed by atoms with Crippen molar-refractivity contribution < 1.29 is 17.2 Å². The predicted molar refractivity (Wildman–Crippen MR) is 71.7 cm³/mol. The number of benzene rings is 1. The molecule has 20 heavy (non-hydrogen) atoms. The summed E-state index contributed by atoms with van der Waals surface area (Å²) in [4.78, 5) is -0.652. The van der Waals surface area contributed by atoms with E-state index >= 15 is 0 Å². The molecule has 0 radical (unpaired) electrons. The third kappa shape index (κ3) is 3.53. The van der Waals surface area contributed by atoms with Gasteiger partial charge in [-0.2, -0.15) is 0 Å². The zero-order valence-electron chi connectivity index (χ0n) is 11.2. The first-order valence-electron chi connectivity index (χ1n) is 6.58. The first-order valence-corrected chi connectivity index (χ1v) is 8.06. The molecule has 1 fully saturated rings. The molecule has 1 aromatic rings. The highest BCUT2D eigenvalue weighted by atomic mass is 32.2. The van der Waals surface area contributed by atoms with Gasteiger partial charge in [0, 0.05) is 12.6 Å². The van der Waals surface area contributed by atoms with Crippen LogP contribution in [0.1, 0.15) is 19.8 Å². The Balaban J connectivity index is 2.09. The molecule has 0 saturated carbocycles. The van der Waals surface area contributed by atoms with Crippen molar-refractivity contribution in [1.82, 2.24) is 10.0 Å². The molecule has 1 aliphatic heterocycles. The van der Waals surface area contributed by atoms with Gasteiger partial charge in [0.2, 0.25) is 10.0 Å². The Morgan fingerprint density at radius 3 is 2.85 bits per heavy atom. The fourth-order valence-corrected chi connectivity index (χ4v) is 3.49. The van der Waals surface area contributed by atoms with E-state index in [1.807, 2.05) is 6.92 Å². The van der Waals surface area contributed by atoms with E-state index in [-0.39, 0.29) is 12.6 Å². The van der Waals surface area contributed by atoms with E-state index in [9.17, 15) is 17.2 Å². The molecular formula is C13H18F2N2O2S. The summed E-state index contributed by atoms with van der Waals surface area (Å²) >= 11 is 0. The van der Waals surface area contributed by atoms with E-state index in [2.05, 4.69) is 10.0 Å². The molecule has 2 atom stereocenters. The van der Waals surface area contributed by atoms with E-state index < -0.39 is 26.6 Å². The molecule has 0 bridgehead atoms. The van der Waals surface area contributed by atoms with Crippen LogP contribution in [0.15, 0.2) is 23.1 Å². The second kappa shape index (κ2) is 6.15. The number of nitrogens with one attached hydrogen (secondary N) is 2. The molecule has 1 aliphatic rings. The van der Waals surface area contributed by atoms with Crippen LogP contribution in [0.3, 0.4) is 0 Å². The lowest BCUT2D eigenvalue weighted by molar-refractivity contribution is 0.300. The molecule has 2 N–H and O–H groups in total. The van der Waals surface area contributed by atoms with Gasteiger partial charge in [-0.1, -0.05) is 6.92 Å². The highest BCUT2D eigenvalue weighted by molar-refractivity contribution is 7.89. The van der Waals surface area contributed by atoms with Crippen LogP contribution in [0, 0.1) is 17.6 Å². The maximum absolute atomic E-state index is 13.5. The molecule has 0 aliphatic carbocycles. The van der Waals surface area contributed by atoms with Gasteiger partial charge in [0.1, 0.15) is 16.5 Å². The Morgan fingerprint density at radius 2 is 2.15 bits per heavy atom. The number of sulfonamides is 1. The van der Waals surface area contributed by atoms with Gasteiger partial charge in [-0.3, -0.25) is 0 Å². The molecule has 0 spiro atoms. The number of piperidine rings is 1. The SMILES string of the molecule is CC1CCCNC1CNS(=O)(=O)c1cc(F)ccc1F. The minimum Gasteiger partial charge on any atom is -0.312 e. The summed E-state index contributed by atoms with van der Waals surface area (Å²) in [5, 5.41) is 3.22. The lowest BCUT2D eigenvalue weighted by Gasteiger charge is -2.30. The zero-order valence-corrected chi connectivity index (χ0v) is 12.0. The number of rotatable bonds is 4. The smallest absolute Gasteiger partial charge is 0.243 e. The van der Waals surface area contributed by atoms with Crippen LogP contribution in [0.5, 0.6) is 0 Å². The molecular weight excluding hydrogens is 286 g/mol. The van der Waals surface area contributed by atoms with Gasteiger partial charge in [0.25, 0.3) is 0 Å². The van der Waals surface area contributed by atoms with Crippen LogP contribution in [-0.4, -0.2) is 27.5 Å². The molecule has 1 saturated heterocycles. The van der Waals surface area contributed by atoms with Crippen LogP contribution >= 0.6 is 0 Å². The Labute approximate surface area is 117 Å². The molecule has 1 aromatic carbocycles. The Kier molecular flexibility index (Phi) is 4.72. The van der Waals surface area contributed by atoms with Gasteiger partial charge in [0.05, 0.1) is 0 Å². The molecule has 112 valence electrons. The maximum Gasteiger partial charge on any atom is 0.243 e. The summed E-state index contributed by atoms with van der Waals surface area (Å²) in [7, 11) is -4.04. The van der Waals surface area contributed by atoms with Crippen molar-refractivity contribution in [3.8, 4) is 0 Å². The average Bonchev–Trinajstić information content (AvgIpc) is 2.40. The molecule has 2 rings (SSSR count). The first-order chi connectivity index (χ1) is 9.40. The van der Waals surface area contributed by atoms with Crippen molar-refractivity contribution >= 4 is 10.0 Å². The third-order valence-electron chi connectivity index (χ3n) is 3.61. The van der Waals surface area contributed by atoms with E-state index in [0.717, 1.165) is 31.5 Å². The number of hydrogen-bond acceptors (Lipinski definition) is 3. The van der Waals surface area contributed by atoms with Gasteiger partial charge in [-0.05, 0) is 43.5 Å². The molecule has 7 heteroatoms. The van der Waals surface area contributed by atoms with Crippen LogP contribution in [-0.2, 0) is 10.0 Å². The van der Waals surface area contributed by atoms with Gasteiger partial charge >= 0.3 is 0 Å². The van der Waals surface area contributed by atoms with Crippen molar-refractivity contribution in [3.63, 3.8) is 0 Å². The van der Waals surface area contributed by atoms with Gasteiger partial charge in [0.15, 0.2) is 0 Å². The quantitative estimate of drug-likeness (QED) is 0.889. The molecule has 2 unspecified atom stereocenters. The second-order valence-electron chi connectivity index (χ2n) is 5.11. The van der Waals surface area contributed by atoms with Gasteiger partial charge in [-0.25, -0.2) is 21.9 Å². The van der Waals surface area contributed by atoms with E-state index in [4.69, 9.17) is 0 Å². The fourth-order valence-electron chi connectivity index (χ4n) is 2.35. The van der Waals surface area contributed by atoms with Crippen molar-refractivity contribution in [1.29, 1.82) is 0 Å². The van der Waals surface area contributed by atoms with Crippen LogP contribution in [0.25, 0.3) is 0 Å². The molecule has 0 aromatic heterocycles. The summed E-state index contributed by atoms with van der Waals surface area (Å²) in [5.74, 6) is -1.40. The van der Waals surface area contributed by atoms with Crippen molar-refractivity contribution in [2.45, 2.75) is 30.7 Å². The van der Waals surface area contributed by atoms with Crippen molar-refractivity contribution in [3.05, 3.63) is 29.8 Å². The molecule has 0 amide bonds. The van der Waals surface area contributed by atoms with Crippen LogP contribution in [0.4, 0.5) is 8.78 Å². The standard InChI is InChI=1S/C13H18F2N2O2S/c1-9-3-2-6-16-12(9)8-17-20(18,19)13-7-10(14)4-5-11(13)15/h4-5,7,9,12,16-17H,2-3,6,8H2,1H3. The van der Waals surface area contributed by atoms with Crippen molar-refractivity contribution in [2.75, 3.05) is 13.1 Å². The topological polar surface area (TPSA) is 58.2 Å². The largest absolute Gasteiger partial charge is 0.312 e. The normalized spacial score (nSPS) is 23.8. The fraction of sp³-hybridized carbons (Fsp3) is 0.538. The summed E-state index contributed by atoms with van der Waals surface area (Å²) in [6.45, 7) is 3.04. The average molecular weight is 304 g/mol. The van der Waals surface area contributed by atoms with E-state index in [0.29, 0.717) is 12.0 Å². The number of hydrogen-bond donors (Lipinski definition) is 2. The first kappa shape index (κ1) is 15.3. The number of halogens is 2. The van der Waals surface area contributed by atoms with E-state index in [1.54, 1.807) is 0 Å². The Bertz CT molecular complexity index is 578. The summed E-state index contributed by atoms with van der Waals surface area (Å²) in [6, 6.07) is 2.40. The Morgan fingerprint density at radius 1 is 1.40 bits per heavy atom. The second-order valence-corrected chi connectivity index (χ2v) is 6.84. The Hall–Kier alpha value is -1.05. The lowest BCUT2D eigenvalue weighted by Crippen LogP contribution is -2.47. The molecule has 4 nitrogen and oxygen atoms in total. The lowest BCUT2D eigenvalue weighted by atomic mass is 9.93. The third-order valence-corrected chi connectivity index (χ3v) is 5.04. The summed E-state index contributed by atoms with van der Waals surface area (Å²) < 4.78 is 52.9. The summed E-state index contributed by atoms with van der Waals surface area (Å²) in [6.07, 6.45) is 2.08. The maximum atomic E-state index is 13.5. The zero-order chi connectivity index (χ0) is 14.8. The van der Waals surface area contributed by atoms with Crippen molar-refractivity contribution in [2.24, 2.45) is 5.92 Å². The van der Waals surface area contributed by atoms with Gasteiger partial charge in [-0.15, -0.1) is 0 Å². The van der Waals surface area contributed by atoms with Crippen LogP contribution in [0.2, 0.25) is 0 Å². The highest BCUT2D eigenvalue weighted by Crippen LogP contribution is 2.18. The monoisotopic (exact) mass is 304 g/mol. The highest BCUT2D eigenvalue weighted by Gasteiger charge is 2.25. The van der Waals surface area contributed by atoms with E-state index in [1.165, 1.54) is 0 Å². The summed E-state index contributed by atoms with van der Waals surface area (Å²) in [5.41, 5.74) is 0.